The maximum Gasteiger partial charge on any atom is 0.377 e. The first-order valence-electron chi connectivity index (χ1n) is 5.88. The lowest BCUT2D eigenvalue weighted by molar-refractivity contribution is 0.0473. The van der Waals surface area contributed by atoms with Gasteiger partial charge in [0.2, 0.25) is 0 Å². The van der Waals surface area contributed by atoms with Gasteiger partial charge in [0.15, 0.2) is 0 Å². The largest absolute Gasteiger partial charge is 0.377 e. The quantitative estimate of drug-likeness (QED) is 0.579. The highest BCUT2D eigenvalue weighted by Gasteiger charge is 2.34. The molecule has 1 aromatic carbocycles. The third-order valence-electron chi connectivity index (χ3n) is 3.04. The van der Waals surface area contributed by atoms with E-state index in [2.05, 4.69) is 26.0 Å². The Bertz CT molecular complexity index is 389. The van der Waals surface area contributed by atoms with Crippen molar-refractivity contribution in [2.45, 2.75) is 32.3 Å². The van der Waals surface area contributed by atoms with Crippen LogP contribution >= 0.6 is 0 Å². The molecule has 0 radical (unpaired) electrons. The van der Waals surface area contributed by atoms with Crippen molar-refractivity contribution in [3.8, 4) is 0 Å². The van der Waals surface area contributed by atoms with Gasteiger partial charge in [-0.15, -0.1) is 0 Å². The first-order valence-corrected chi connectivity index (χ1v) is 5.88. The smallest absolute Gasteiger partial charge is 0.373 e. The summed E-state index contributed by atoms with van der Waals surface area (Å²) in [4.78, 5) is 9.39. The Hall–Kier alpha value is -1.48. The van der Waals surface area contributed by atoms with Crippen LogP contribution in [0.15, 0.2) is 42.4 Å². The Morgan fingerprint density at radius 2 is 1.88 bits per heavy atom. The van der Waals surface area contributed by atoms with Crippen LogP contribution in [-0.4, -0.2) is 12.7 Å². The minimum atomic E-state index is -0.125. The molecule has 1 unspecified atom stereocenters. The Balaban J connectivity index is 2.24. The molecular weight excluding hydrogens is 216 g/mol. The maximum atomic E-state index is 5.78. The summed E-state index contributed by atoms with van der Waals surface area (Å²) in [5.74, 6) is 0.549. The predicted octanol–water partition coefficient (Wildman–Crippen LogP) is 3.17. The van der Waals surface area contributed by atoms with Crippen LogP contribution < -0.4 is 0 Å². The van der Waals surface area contributed by atoms with Gasteiger partial charge in [-0.2, -0.15) is 0 Å². The zero-order valence-electron chi connectivity index (χ0n) is 10.5. The zero-order valence-corrected chi connectivity index (χ0v) is 10.5. The first kappa shape index (κ1) is 12.0. The van der Waals surface area contributed by atoms with E-state index >= 15 is 0 Å². The number of hydrogen-bond acceptors (Lipinski definition) is 3. The summed E-state index contributed by atoms with van der Waals surface area (Å²) in [7, 11) is 0. The molecule has 0 aliphatic carbocycles. The molecule has 0 amide bonds. The van der Waals surface area contributed by atoms with Crippen LogP contribution in [-0.2, 0) is 19.9 Å². The SMILES string of the molecule is CCOC(C=C1OO1)C(C)(C)c1ccccc1. The predicted molar refractivity (Wildman–Crippen MR) is 65.1 cm³/mol. The van der Waals surface area contributed by atoms with Crippen molar-refractivity contribution in [2.75, 3.05) is 6.61 Å². The van der Waals surface area contributed by atoms with Crippen molar-refractivity contribution >= 4 is 0 Å². The van der Waals surface area contributed by atoms with Crippen molar-refractivity contribution in [1.29, 1.82) is 0 Å². The van der Waals surface area contributed by atoms with Gasteiger partial charge in [0.1, 0.15) is 0 Å². The number of benzene rings is 1. The first-order chi connectivity index (χ1) is 8.14. The van der Waals surface area contributed by atoms with Gasteiger partial charge in [-0.3, -0.25) is 0 Å². The van der Waals surface area contributed by atoms with E-state index in [9.17, 15) is 0 Å². The molecule has 0 N–H and O–H groups in total. The molecule has 3 heteroatoms. The molecule has 2 rings (SSSR count). The Morgan fingerprint density at radius 1 is 1.24 bits per heavy atom. The second kappa shape index (κ2) is 4.80. The van der Waals surface area contributed by atoms with Crippen molar-refractivity contribution in [3.63, 3.8) is 0 Å². The summed E-state index contributed by atoms with van der Waals surface area (Å²) in [6, 6.07) is 10.3. The molecule has 1 aromatic rings. The van der Waals surface area contributed by atoms with Gasteiger partial charge in [-0.05, 0) is 12.5 Å². The third kappa shape index (κ3) is 2.80. The summed E-state index contributed by atoms with van der Waals surface area (Å²) in [5, 5.41) is 0. The van der Waals surface area contributed by atoms with E-state index in [4.69, 9.17) is 14.5 Å². The molecule has 0 aromatic heterocycles. The molecule has 1 aliphatic heterocycles. The van der Waals surface area contributed by atoms with E-state index in [0.29, 0.717) is 12.6 Å². The molecule has 1 aliphatic rings. The van der Waals surface area contributed by atoms with Crippen LogP contribution in [0.3, 0.4) is 0 Å². The lowest BCUT2D eigenvalue weighted by Gasteiger charge is -2.32. The van der Waals surface area contributed by atoms with Crippen molar-refractivity contribution in [3.05, 3.63) is 47.9 Å². The third-order valence-corrected chi connectivity index (χ3v) is 3.04. The second-order valence-electron chi connectivity index (χ2n) is 4.62. The van der Waals surface area contributed by atoms with E-state index in [1.165, 1.54) is 5.56 Å². The topological polar surface area (TPSA) is 34.3 Å². The summed E-state index contributed by atoms with van der Waals surface area (Å²) >= 11 is 0. The fraction of sp³-hybridized carbons (Fsp3) is 0.429. The Kier molecular flexibility index (Phi) is 3.38. The van der Waals surface area contributed by atoms with E-state index in [0.717, 1.165) is 0 Å². The molecule has 0 spiro atoms. The second-order valence-corrected chi connectivity index (χ2v) is 4.62. The van der Waals surface area contributed by atoms with Crippen molar-refractivity contribution < 1.29 is 14.5 Å². The molecule has 1 heterocycles. The molecule has 1 atom stereocenters. The molecule has 3 nitrogen and oxygen atoms in total. The normalized spacial score (nSPS) is 15.8. The summed E-state index contributed by atoms with van der Waals surface area (Å²) in [6.45, 7) is 6.95. The van der Waals surface area contributed by atoms with Gasteiger partial charge in [0, 0.05) is 18.1 Å². The highest BCUT2D eigenvalue weighted by Crippen LogP contribution is 2.32. The molecule has 0 saturated carbocycles. The van der Waals surface area contributed by atoms with Gasteiger partial charge >= 0.3 is 5.95 Å². The van der Waals surface area contributed by atoms with Gasteiger partial charge < -0.3 is 4.74 Å². The fourth-order valence-electron chi connectivity index (χ4n) is 1.88. The Labute approximate surface area is 102 Å². The molecule has 0 bridgehead atoms. The Morgan fingerprint density at radius 3 is 2.41 bits per heavy atom. The highest BCUT2D eigenvalue weighted by atomic mass is 17.4. The van der Waals surface area contributed by atoms with Crippen LogP contribution in [0.4, 0.5) is 0 Å². The standard InChI is InChI=1S/C14H18O3/c1-4-15-12(10-13-16-17-13)14(2,3)11-8-6-5-7-9-11/h5-10,12H,4H2,1-3H3. The van der Waals surface area contributed by atoms with E-state index in [1.807, 2.05) is 31.2 Å². The van der Waals surface area contributed by atoms with Crippen LogP contribution in [0.2, 0.25) is 0 Å². The molecule has 1 fully saturated rings. The monoisotopic (exact) mass is 234 g/mol. The fourth-order valence-corrected chi connectivity index (χ4v) is 1.88. The van der Waals surface area contributed by atoms with Crippen LogP contribution in [0.25, 0.3) is 0 Å². The zero-order chi connectivity index (χ0) is 12.3. The summed E-state index contributed by atoms with van der Waals surface area (Å²) in [5.41, 5.74) is 1.11. The van der Waals surface area contributed by atoms with Gasteiger partial charge in [0.25, 0.3) is 0 Å². The summed E-state index contributed by atoms with van der Waals surface area (Å²) in [6.07, 6.45) is 1.82. The molecule has 1 saturated heterocycles. The highest BCUT2D eigenvalue weighted by molar-refractivity contribution is 5.27. The average Bonchev–Trinajstić information content (AvgIpc) is 3.14. The number of hydrogen-bond donors (Lipinski definition) is 0. The van der Waals surface area contributed by atoms with Gasteiger partial charge in [-0.25, -0.2) is 9.78 Å². The van der Waals surface area contributed by atoms with Crippen LogP contribution in [0.1, 0.15) is 26.3 Å². The van der Waals surface area contributed by atoms with E-state index in [1.54, 1.807) is 0 Å². The number of rotatable bonds is 5. The molecular formula is C14H18O3. The average molecular weight is 234 g/mol. The summed E-state index contributed by atoms with van der Waals surface area (Å²) < 4.78 is 5.78. The molecule has 17 heavy (non-hydrogen) atoms. The van der Waals surface area contributed by atoms with E-state index in [-0.39, 0.29) is 11.5 Å². The minimum Gasteiger partial charge on any atom is -0.373 e. The van der Waals surface area contributed by atoms with Crippen molar-refractivity contribution in [1.82, 2.24) is 0 Å². The minimum absolute atomic E-state index is 0.0626. The number of ether oxygens (including phenoxy) is 1. The van der Waals surface area contributed by atoms with Crippen LogP contribution in [0, 0.1) is 0 Å². The van der Waals surface area contributed by atoms with E-state index < -0.39 is 0 Å². The van der Waals surface area contributed by atoms with Gasteiger partial charge in [-0.1, -0.05) is 44.2 Å². The van der Waals surface area contributed by atoms with Gasteiger partial charge in [0.05, 0.1) is 6.10 Å². The lowest BCUT2D eigenvalue weighted by Crippen LogP contribution is -2.34. The maximum absolute atomic E-state index is 5.78. The van der Waals surface area contributed by atoms with Crippen LogP contribution in [0.5, 0.6) is 0 Å². The lowest BCUT2D eigenvalue weighted by atomic mass is 9.79. The van der Waals surface area contributed by atoms with Crippen molar-refractivity contribution in [2.24, 2.45) is 0 Å². The molecule has 92 valence electrons.